The third-order valence-electron chi connectivity index (χ3n) is 4.19. The Kier molecular flexibility index (Phi) is 4.96. The van der Waals surface area contributed by atoms with Gasteiger partial charge < -0.3 is 15.2 Å². The number of aliphatic carboxylic acids is 1. The van der Waals surface area contributed by atoms with E-state index >= 15 is 0 Å². The third kappa shape index (κ3) is 4.09. The SMILES string of the molecule is Cc1nc(C(=O)Nc2cc(-c3cccc(OCC(=O)O)c3)cc3[nH]ncc23)cs1. The fourth-order valence-electron chi connectivity index (χ4n) is 2.89. The van der Waals surface area contributed by atoms with Crippen LogP contribution in [0, 0.1) is 6.92 Å². The van der Waals surface area contributed by atoms with Crippen molar-refractivity contribution in [3.8, 4) is 16.9 Å². The number of fused-ring (bicyclic) bond motifs is 1. The molecule has 0 aliphatic carbocycles. The number of carboxylic acid groups (broad SMARTS) is 1. The Morgan fingerprint density at radius 1 is 1.24 bits per heavy atom. The molecule has 0 aliphatic rings. The number of aromatic amines is 1. The molecular formula is C20H16N4O4S. The maximum absolute atomic E-state index is 12.6. The van der Waals surface area contributed by atoms with Crippen molar-refractivity contribution in [2.75, 3.05) is 11.9 Å². The summed E-state index contributed by atoms with van der Waals surface area (Å²) in [6.07, 6.45) is 1.65. The van der Waals surface area contributed by atoms with Gasteiger partial charge in [-0.2, -0.15) is 5.10 Å². The topological polar surface area (TPSA) is 117 Å². The average Bonchev–Trinajstić information content (AvgIpc) is 3.35. The highest BCUT2D eigenvalue weighted by Crippen LogP contribution is 2.32. The van der Waals surface area contributed by atoms with E-state index in [1.54, 1.807) is 29.8 Å². The summed E-state index contributed by atoms with van der Waals surface area (Å²) in [5, 5.41) is 22.0. The molecule has 0 spiro atoms. The Balaban J connectivity index is 1.69. The van der Waals surface area contributed by atoms with E-state index in [0.717, 1.165) is 27.0 Å². The largest absolute Gasteiger partial charge is 0.482 e. The Morgan fingerprint density at radius 2 is 2.10 bits per heavy atom. The molecule has 8 nitrogen and oxygen atoms in total. The number of aryl methyl sites for hydroxylation is 1. The van der Waals surface area contributed by atoms with Crippen molar-refractivity contribution in [2.45, 2.75) is 6.92 Å². The number of H-pyrrole nitrogens is 1. The molecule has 9 heteroatoms. The van der Waals surface area contributed by atoms with Crippen LogP contribution in [-0.2, 0) is 4.79 Å². The fourth-order valence-corrected chi connectivity index (χ4v) is 3.48. The number of thiazole rings is 1. The second-order valence-corrected chi connectivity index (χ2v) is 7.33. The smallest absolute Gasteiger partial charge is 0.341 e. The molecule has 0 atom stereocenters. The van der Waals surface area contributed by atoms with Crippen LogP contribution in [0.3, 0.4) is 0 Å². The number of hydrogen-bond acceptors (Lipinski definition) is 6. The second kappa shape index (κ2) is 7.72. The first-order valence-electron chi connectivity index (χ1n) is 8.65. The van der Waals surface area contributed by atoms with Crippen molar-refractivity contribution in [1.82, 2.24) is 15.2 Å². The van der Waals surface area contributed by atoms with E-state index in [1.807, 2.05) is 25.1 Å². The molecule has 0 unspecified atom stereocenters. The lowest BCUT2D eigenvalue weighted by Gasteiger charge is -2.10. The van der Waals surface area contributed by atoms with Crippen LogP contribution < -0.4 is 10.1 Å². The highest BCUT2D eigenvalue weighted by atomic mass is 32.1. The van der Waals surface area contributed by atoms with Gasteiger partial charge in [-0.1, -0.05) is 12.1 Å². The third-order valence-corrected chi connectivity index (χ3v) is 4.96. The summed E-state index contributed by atoms with van der Waals surface area (Å²) >= 11 is 1.41. The number of anilines is 1. The molecule has 0 saturated heterocycles. The van der Waals surface area contributed by atoms with Crippen LogP contribution in [0.25, 0.3) is 22.0 Å². The first-order valence-corrected chi connectivity index (χ1v) is 9.53. The van der Waals surface area contributed by atoms with Crippen molar-refractivity contribution < 1.29 is 19.4 Å². The standard InChI is InChI=1S/C20H16N4O4S/c1-11-22-18(10-29-11)20(27)23-16-6-13(7-17-15(16)8-21-24-17)12-3-2-4-14(5-12)28-9-19(25)26/h2-8,10H,9H2,1H3,(H,21,24)(H,23,27)(H,25,26). The number of nitrogens with one attached hydrogen (secondary N) is 2. The zero-order valence-electron chi connectivity index (χ0n) is 15.3. The molecule has 0 bridgehead atoms. The zero-order chi connectivity index (χ0) is 20.4. The van der Waals surface area contributed by atoms with Crippen LogP contribution in [0.5, 0.6) is 5.75 Å². The van der Waals surface area contributed by atoms with Crippen LogP contribution in [0.2, 0.25) is 0 Å². The quantitative estimate of drug-likeness (QED) is 0.448. The number of aromatic nitrogens is 3. The van der Waals surface area contributed by atoms with Crippen LogP contribution in [0.1, 0.15) is 15.5 Å². The minimum Gasteiger partial charge on any atom is -0.482 e. The van der Waals surface area contributed by atoms with Gasteiger partial charge in [0.2, 0.25) is 0 Å². The van der Waals surface area contributed by atoms with Crippen molar-refractivity contribution in [2.24, 2.45) is 0 Å². The van der Waals surface area contributed by atoms with Gasteiger partial charge in [0.25, 0.3) is 5.91 Å². The lowest BCUT2D eigenvalue weighted by atomic mass is 10.0. The molecule has 2 heterocycles. The zero-order valence-corrected chi connectivity index (χ0v) is 16.1. The van der Waals surface area contributed by atoms with E-state index in [1.165, 1.54) is 11.3 Å². The van der Waals surface area contributed by atoms with Gasteiger partial charge in [0, 0.05) is 10.8 Å². The first-order chi connectivity index (χ1) is 14.0. The van der Waals surface area contributed by atoms with Gasteiger partial charge in [-0.15, -0.1) is 11.3 Å². The Morgan fingerprint density at radius 3 is 2.86 bits per heavy atom. The molecule has 2 aromatic heterocycles. The number of benzene rings is 2. The molecule has 2 aromatic carbocycles. The number of rotatable bonds is 6. The lowest BCUT2D eigenvalue weighted by Crippen LogP contribution is -2.12. The van der Waals surface area contributed by atoms with Crippen molar-refractivity contribution in [3.63, 3.8) is 0 Å². The van der Waals surface area contributed by atoms with E-state index in [9.17, 15) is 9.59 Å². The van der Waals surface area contributed by atoms with E-state index in [2.05, 4.69) is 20.5 Å². The molecule has 0 radical (unpaired) electrons. The number of carboxylic acids is 1. The monoisotopic (exact) mass is 408 g/mol. The second-order valence-electron chi connectivity index (χ2n) is 6.27. The first kappa shape index (κ1) is 18.6. The molecule has 0 aliphatic heterocycles. The molecule has 0 fully saturated rings. The molecular weight excluding hydrogens is 392 g/mol. The number of carbonyl (C=O) groups excluding carboxylic acids is 1. The molecule has 29 heavy (non-hydrogen) atoms. The minimum absolute atomic E-state index is 0.299. The van der Waals surface area contributed by atoms with Crippen LogP contribution in [0.4, 0.5) is 5.69 Å². The van der Waals surface area contributed by atoms with Gasteiger partial charge in [-0.05, 0) is 42.3 Å². The maximum atomic E-state index is 12.6. The highest BCUT2D eigenvalue weighted by molar-refractivity contribution is 7.09. The van der Waals surface area contributed by atoms with E-state index in [4.69, 9.17) is 9.84 Å². The fraction of sp³-hybridized carbons (Fsp3) is 0.100. The van der Waals surface area contributed by atoms with Gasteiger partial charge in [0.05, 0.1) is 22.4 Å². The molecule has 4 rings (SSSR count). The molecule has 146 valence electrons. The predicted octanol–water partition coefficient (Wildman–Crippen LogP) is 3.71. The van der Waals surface area contributed by atoms with E-state index in [0.29, 0.717) is 17.1 Å². The summed E-state index contributed by atoms with van der Waals surface area (Å²) < 4.78 is 5.26. The summed E-state index contributed by atoms with van der Waals surface area (Å²) in [4.78, 5) is 27.5. The van der Waals surface area contributed by atoms with Crippen LogP contribution in [0.15, 0.2) is 48.0 Å². The van der Waals surface area contributed by atoms with Gasteiger partial charge in [0.15, 0.2) is 6.61 Å². The van der Waals surface area contributed by atoms with Crippen LogP contribution >= 0.6 is 11.3 Å². The lowest BCUT2D eigenvalue weighted by molar-refractivity contribution is -0.139. The summed E-state index contributed by atoms with van der Waals surface area (Å²) in [6.45, 7) is 1.42. The van der Waals surface area contributed by atoms with Gasteiger partial charge >= 0.3 is 5.97 Å². The van der Waals surface area contributed by atoms with Gasteiger partial charge in [-0.25, -0.2) is 9.78 Å². The molecule has 0 saturated carbocycles. The van der Waals surface area contributed by atoms with Crippen molar-refractivity contribution in [3.05, 3.63) is 58.7 Å². The summed E-state index contributed by atoms with van der Waals surface area (Å²) in [5.74, 6) is -0.901. The Hall–Kier alpha value is -3.72. The van der Waals surface area contributed by atoms with Crippen molar-refractivity contribution in [1.29, 1.82) is 0 Å². The van der Waals surface area contributed by atoms with Crippen LogP contribution in [-0.4, -0.2) is 38.8 Å². The highest BCUT2D eigenvalue weighted by Gasteiger charge is 2.14. The molecule has 1 amide bonds. The Labute approximate surface area is 169 Å². The Bertz CT molecular complexity index is 1210. The summed E-state index contributed by atoms with van der Waals surface area (Å²) in [5.41, 5.74) is 3.33. The molecule has 4 aromatic rings. The predicted molar refractivity (Wildman–Crippen MR) is 109 cm³/mol. The number of carbonyl (C=O) groups is 2. The summed E-state index contributed by atoms with van der Waals surface area (Å²) in [6, 6.07) is 10.8. The maximum Gasteiger partial charge on any atom is 0.341 e. The van der Waals surface area contributed by atoms with Gasteiger partial charge in [-0.3, -0.25) is 9.89 Å². The van der Waals surface area contributed by atoms with E-state index in [-0.39, 0.29) is 5.91 Å². The summed E-state index contributed by atoms with van der Waals surface area (Å²) in [7, 11) is 0. The number of hydrogen-bond donors (Lipinski definition) is 3. The number of amides is 1. The number of nitrogens with zero attached hydrogens (tertiary/aromatic N) is 2. The minimum atomic E-state index is -1.04. The number of ether oxygens (including phenoxy) is 1. The van der Waals surface area contributed by atoms with E-state index < -0.39 is 12.6 Å². The normalized spacial score (nSPS) is 10.8. The van der Waals surface area contributed by atoms with Crippen molar-refractivity contribution >= 4 is 39.8 Å². The molecule has 3 N–H and O–H groups in total. The van der Waals surface area contributed by atoms with Gasteiger partial charge in [0.1, 0.15) is 11.4 Å². The average molecular weight is 408 g/mol.